The first-order valence-electron chi connectivity index (χ1n) is 5.89. The number of nitrogens with zero attached hydrogens (tertiary/aromatic N) is 2. The SMILES string of the molecule is Clc1ccc(CNc2cccc(-n3cccn3)c2)o1. The highest BCUT2D eigenvalue weighted by molar-refractivity contribution is 6.28. The van der Waals surface area contributed by atoms with Crippen molar-refractivity contribution in [3.63, 3.8) is 0 Å². The molecular formula is C14H12ClN3O. The second-order valence-electron chi connectivity index (χ2n) is 4.06. The quantitative estimate of drug-likeness (QED) is 0.788. The van der Waals surface area contributed by atoms with Gasteiger partial charge in [0.1, 0.15) is 5.76 Å². The summed E-state index contributed by atoms with van der Waals surface area (Å²) in [7, 11) is 0. The topological polar surface area (TPSA) is 43.0 Å². The van der Waals surface area contributed by atoms with E-state index in [-0.39, 0.29) is 0 Å². The molecule has 19 heavy (non-hydrogen) atoms. The lowest BCUT2D eigenvalue weighted by Crippen LogP contribution is -2.00. The molecule has 0 fully saturated rings. The Labute approximate surface area is 115 Å². The number of benzene rings is 1. The number of hydrogen-bond donors (Lipinski definition) is 1. The Morgan fingerprint density at radius 2 is 2.16 bits per heavy atom. The van der Waals surface area contributed by atoms with E-state index in [0.29, 0.717) is 11.8 Å². The zero-order valence-corrected chi connectivity index (χ0v) is 10.8. The van der Waals surface area contributed by atoms with Crippen LogP contribution in [0.1, 0.15) is 5.76 Å². The summed E-state index contributed by atoms with van der Waals surface area (Å²) in [5.41, 5.74) is 2.01. The van der Waals surface area contributed by atoms with Gasteiger partial charge in [-0.15, -0.1) is 0 Å². The Bertz CT molecular complexity index is 661. The molecule has 0 saturated heterocycles. The molecule has 96 valence electrons. The van der Waals surface area contributed by atoms with Crippen LogP contribution in [0.3, 0.4) is 0 Å². The van der Waals surface area contributed by atoms with E-state index in [1.807, 2.05) is 47.3 Å². The van der Waals surface area contributed by atoms with Gasteiger partial charge in [-0.25, -0.2) is 4.68 Å². The lowest BCUT2D eigenvalue weighted by molar-refractivity contribution is 0.520. The van der Waals surface area contributed by atoms with Gasteiger partial charge in [0.25, 0.3) is 0 Å². The van der Waals surface area contributed by atoms with Crippen molar-refractivity contribution in [1.82, 2.24) is 9.78 Å². The smallest absolute Gasteiger partial charge is 0.193 e. The van der Waals surface area contributed by atoms with E-state index in [9.17, 15) is 0 Å². The summed E-state index contributed by atoms with van der Waals surface area (Å²) in [6.45, 7) is 0.593. The number of rotatable bonds is 4. The van der Waals surface area contributed by atoms with E-state index in [0.717, 1.165) is 17.1 Å². The number of aromatic nitrogens is 2. The van der Waals surface area contributed by atoms with E-state index in [2.05, 4.69) is 10.4 Å². The predicted molar refractivity (Wildman–Crippen MR) is 74.6 cm³/mol. The van der Waals surface area contributed by atoms with Gasteiger partial charge in [0.2, 0.25) is 0 Å². The molecule has 0 atom stereocenters. The van der Waals surface area contributed by atoms with Crippen LogP contribution in [0.4, 0.5) is 5.69 Å². The Morgan fingerprint density at radius 1 is 1.21 bits per heavy atom. The molecule has 0 aliphatic heterocycles. The minimum absolute atomic E-state index is 0.405. The zero-order chi connectivity index (χ0) is 13.1. The van der Waals surface area contributed by atoms with Crippen molar-refractivity contribution in [3.8, 4) is 5.69 Å². The third-order valence-corrected chi connectivity index (χ3v) is 2.91. The summed E-state index contributed by atoms with van der Waals surface area (Å²) in [5.74, 6) is 0.800. The highest BCUT2D eigenvalue weighted by Gasteiger charge is 2.01. The maximum Gasteiger partial charge on any atom is 0.193 e. The van der Waals surface area contributed by atoms with Crippen LogP contribution in [-0.4, -0.2) is 9.78 Å². The summed E-state index contributed by atoms with van der Waals surface area (Å²) in [6.07, 6.45) is 3.66. The van der Waals surface area contributed by atoms with Crippen LogP contribution in [0, 0.1) is 0 Å². The molecule has 3 aromatic rings. The van der Waals surface area contributed by atoms with Crippen LogP contribution in [0.25, 0.3) is 5.69 Å². The minimum atomic E-state index is 0.405. The molecule has 5 heteroatoms. The van der Waals surface area contributed by atoms with Crippen molar-refractivity contribution in [3.05, 3.63) is 65.8 Å². The molecule has 0 saturated carbocycles. The van der Waals surface area contributed by atoms with Crippen molar-refractivity contribution >= 4 is 17.3 Å². The molecule has 0 aliphatic rings. The highest BCUT2D eigenvalue weighted by atomic mass is 35.5. The second kappa shape index (κ2) is 5.20. The molecule has 1 N–H and O–H groups in total. The lowest BCUT2D eigenvalue weighted by Gasteiger charge is -2.07. The average Bonchev–Trinajstić information content (AvgIpc) is 3.08. The average molecular weight is 274 g/mol. The zero-order valence-electron chi connectivity index (χ0n) is 10.1. The van der Waals surface area contributed by atoms with Gasteiger partial charge < -0.3 is 9.73 Å². The first kappa shape index (κ1) is 11.9. The molecule has 0 bridgehead atoms. The molecule has 2 heterocycles. The van der Waals surface area contributed by atoms with Gasteiger partial charge in [-0.3, -0.25) is 0 Å². The maximum absolute atomic E-state index is 5.73. The Hall–Kier alpha value is -2.20. The Morgan fingerprint density at radius 3 is 2.89 bits per heavy atom. The molecule has 0 spiro atoms. The Kier molecular flexibility index (Phi) is 3.25. The van der Waals surface area contributed by atoms with Gasteiger partial charge in [0, 0.05) is 18.1 Å². The van der Waals surface area contributed by atoms with Crippen LogP contribution < -0.4 is 5.32 Å². The van der Waals surface area contributed by atoms with Crippen molar-refractivity contribution in [2.75, 3.05) is 5.32 Å². The van der Waals surface area contributed by atoms with Gasteiger partial charge >= 0.3 is 0 Å². The Balaban J connectivity index is 1.73. The molecule has 1 aromatic carbocycles. The highest BCUT2D eigenvalue weighted by Crippen LogP contribution is 2.17. The van der Waals surface area contributed by atoms with Crippen LogP contribution >= 0.6 is 11.6 Å². The van der Waals surface area contributed by atoms with Crippen LogP contribution in [0.5, 0.6) is 0 Å². The molecular weight excluding hydrogens is 262 g/mol. The monoisotopic (exact) mass is 273 g/mol. The third-order valence-electron chi connectivity index (χ3n) is 2.71. The van der Waals surface area contributed by atoms with Gasteiger partial charge in [0.15, 0.2) is 5.22 Å². The summed E-state index contributed by atoms with van der Waals surface area (Å²) < 4.78 is 7.11. The largest absolute Gasteiger partial charge is 0.448 e. The number of halogens is 1. The maximum atomic E-state index is 5.73. The second-order valence-corrected chi connectivity index (χ2v) is 4.43. The normalized spacial score (nSPS) is 10.6. The molecule has 0 unspecified atom stereocenters. The van der Waals surface area contributed by atoms with Crippen LogP contribution in [0.15, 0.2) is 59.3 Å². The molecule has 2 aromatic heterocycles. The first-order chi connectivity index (χ1) is 9.31. The van der Waals surface area contributed by atoms with Crippen molar-refractivity contribution < 1.29 is 4.42 Å². The summed E-state index contributed by atoms with van der Waals surface area (Å²) >= 11 is 5.73. The standard InChI is InChI=1S/C14H12ClN3O/c15-14-6-5-13(19-14)10-16-11-3-1-4-12(9-11)18-8-2-7-17-18/h1-9,16H,10H2. The minimum Gasteiger partial charge on any atom is -0.448 e. The van der Waals surface area contributed by atoms with Gasteiger partial charge in [-0.1, -0.05) is 6.07 Å². The number of anilines is 1. The van der Waals surface area contributed by atoms with E-state index in [1.165, 1.54) is 0 Å². The van der Waals surface area contributed by atoms with Gasteiger partial charge in [-0.05, 0) is 48.0 Å². The molecule has 0 aliphatic carbocycles. The predicted octanol–water partition coefficient (Wildman–Crippen LogP) is 3.73. The lowest BCUT2D eigenvalue weighted by atomic mass is 10.2. The number of furan rings is 1. The van der Waals surface area contributed by atoms with Crippen LogP contribution in [0.2, 0.25) is 5.22 Å². The molecule has 4 nitrogen and oxygen atoms in total. The van der Waals surface area contributed by atoms with Crippen molar-refractivity contribution in [1.29, 1.82) is 0 Å². The van der Waals surface area contributed by atoms with Crippen molar-refractivity contribution in [2.45, 2.75) is 6.54 Å². The van der Waals surface area contributed by atoms with E-state index in [4.69, 9.17) is 16.0 Å². The van der Waals surface area contributed by atoms with Crippen LogP contribution in [-0.2, 0) is 6.54 Å². The van der Waals surface area contributed by atoms with Gasteiger partial charge in [0.05, 0.1) is 12.2 Å². The van der Waals surface area contributed by atoms with Gasteiger partial charge in [-0.2, -0.15) is 5.10 Å². The van der Waals surface area contributed by atoms with Crippen molar-refractivity contribution in [2.24, 2.45) is 0 Å². The third kappa shape index (κ3) is 2.80. The summed E-state index contributed by atoms with van der Waals surface area (Å²) in [6, 6.07) is 13.5. The first-order valence-corrected chi connectivity index (χ1v) is 6.27. The van der Waals surface area contributed by atoms with E-state index < -0.39 is 0 Å². The van der Waals surface area contributed by atoms with E-state index in [1.54, 1.807) is 12.3 Å². The fourth-order valence-corrected chi connectivity index (χ4v) is 1.98. The fraction of sp³-hybridized carbons (Fsp3) is 0.0714. The van der Waals surface area contributed by atoms with E-state index >= 15 is 0 Å². The molecule has 3 rings (SSSR count). The number of hydrogen-bond acceptors (Lipinski definition) is 3. The molecule has 0 amide bonds. The summed E-state index contributed by atoms with van der Waals surface area (Å²) in [5, 5.41) is 7.89. The number of nitrogens with one attached hydrogen (secondary N) is 1. The molecule has 0 radical (unpaired) electrons. The summed E-state index contributed by atoms with van der Waals surface area (Å²) in [4.78, 5) is 0. The fourth-order valence-electron chi connectivity index (χ4n) is 1.82.